The second kappa shape index (κ2) is 8.74. The largest absolute Gasteiger partial charge is 0.372 e. The molecule has 152 valence electrons. The second-order valence-electron chi connectivity index (χ2n) is 6.93. The fraction of sp³-hybridized carbons (Fsp3) is 0.304. The Morgan fingerprint density at radius 2 is 1.76 bits per heavy atom. The molecule has 0 radical (unpaired) electrons. The zero-order chi connectivity index (χ0) is 21.1. The van der Waals surface area contributed by atoms with Gasteiger partial charge in [-0.25, -0.2) is 0 Å². The van der Waals surface area contributed by atoms with Gasteiger partial charge < -0.3 is 9.47 Å². The lowest BCUT2D eigenvalue weighted by atomic mass is 10.2. The molecule has 1 saturated heterocycles. The van der Waals surface area contributed by atoms with E-state index in [4.69, 9.17) is 0 Å². The van der Waals surface area contributed by atoms with Crippen LogP contribution in [0.1, 0.15) is 30.8 Å². The number of nitrogens with zero attached hydrogens (tertiary/aromatic N) is 3. The number of anilines is 1. The molecule has 0 unspecified atom stereocenters. The minimum absolute atomic E-state index is 0.236. The van der Waals surface area contributed by atoms with Gasteiger partial charge >= 0.3 is 0 Å². The molecule has 3 rings (SSSR count). The number of thioether (sulfide) groups is 1. The van der Waals surface area contributed by atoms with Crippen molar-refractivity contribution in [3.05, 3.63) is 64.8 Å². The van der Waals surface area contributed by atoms with Crippen LogP contribution in [0.3, 0.4) is 0 Å². The van der Waals surface area contributed by atoms with E-state index in [1.165, 1.54) is 10.6 Å². The third-order valence-corrected chi connectivity index (χ3v) is 6.09. The maximum atomic E-state index is 12.5. The van der Waals surface area contributed by atoms with E-state index in [9.17, 15) is 9.59 Å². The number of amides is 2. The van der Waals surface area contributed by atoms with Crippen LogP contribution >= 0.6 is 11.8 Å². The summed E-state index contributed by atoms with van der Waals surface area (Å²) in [6, 6.07) is 10.6. The van der Waals surface area contributed by atoms with Crippen molar-refractivity contribution in [3.63, 3.8) is 0 Å². The lowest BCUT2D eigenvalue weighted by molar-refractivity contribution is -0.122. The summed E-state index contributed by atoms with van der Waals surface area (Å²) >= 11 is 0.982. The number of aromatic nitrogens is 1. The van der Waals surface area contributed by atoms with Gasteiger partial charge in [0.15, 0.2) is 0 Å². The molecular formula is C23H27N3O2S. The summed E-state index contributed by atoms with van der Waals surface area (Å²) < 4.78 is 2.17. The van der Waals surface area contributed by atoms with E-state index in [-0.39, 0.29) is 17.7 Å². The molecule has 0 bridgehead atoms. The number of rotatable bonds is 7. The number of carbonyl (C=O) groups excluding carboxylic acids is 2. The molecule has 1 aliphatic rings. The molecule has 29 heavy (non-hydrogen) atoms. The van der Waals surface area contributed by atoms with Crippen molar-refractivity contribution in [2.24, 2.45) is 0 Å². The van der Waals surface area contributed by atoms with Crippen LogP contribution in [0.15, 0.2) is 47.9 Å². The molecule has 1 aromatic carbocycles. The average molecular weight is 410 g/mol. The van der Waals surface area contributed by atoms with Crippen LogP contribution in [-0.2, 0) is 4.79 Å². The third kappa shape index (κ3) is 4.03. The number of carbonyl (C=O) groups is 2. The second-order valence-corrected chi connectivity index (χ2v) is 7.92. The molecule has 0 saturated carbocycles. The Morgan fingerprint density at radius 1 is 1.10 bits per heavy atom. The van der Waals surface area contributed by atoms with Gasteiger partial charge in [0.2, 0.25) is 0 Å². The van der Waals surface area contributed by atoms with Gasteiger partial charge in [0, 0.05) is 42.4 Å². The fourth-order valence-corrected chi connectivity index (χ4v) is 4.50. The van der Waals surface area contributed by atoms with Crippen molar-refractivity contribution in [2.45, 2.75) is 27.7 Å². The van der Waals surface area contributed by atoms with Gasteiger partial charge in [0.25, 0.3) is 11.1 Å². The van der Waals surface area contributed by atoms with Gasteiger partial charge in [-0.15, -0.1) is 6.58 Å². The highest BCUT2D eigenvalue weighted by atomic mass is 32.2. The highest BCUT2D eigenvalue weighted by Crippen LogP contribution is 2.33. The van der Waals surface area contributed by atoms with Gasteiger partial charge in [-0.3, -0.25) is 14.5 Å². The highest BCUT2D eigenvalue weighted by molar-refractivity contribution is 8.18. The van der Waals surface area contributed by atoms with Gasteiger partial charge in [-0.05, 0) is 81.4 Å². The monoisotopic (exact) mass is 409 g/mol. The predicted octanol–water partition coefficient (Wildman–Crippen LogP) is 5.16. The van der Waals surface area contributed by atoms with E-state index >= 15 is 0 Å². The van der Waals surface area contributed by atoms with Crippen LogP contribution in [0.2, 0.25) is 0 Å². The van der Waals surface area contributed by atoms with Crippen molar-refractivity contribution < 1.29 is 9.59 Å². The van der Waals surface area contributed by atoms with Crippen LogP contribution < -0.4 is 4.90 Å². The fourth-order valence-electron chi connectivity index (χ4n) is 3.66. The first-order valence-electron chi connectivity index (χ1n) is 9.81. The minimum atomic E-state index is -0.256. The Morgan fingerprint density at radius 3 is 2.34 bits per heavy atom. The van der Waals surface area contributed by atoms with Gasteiger partial charge in [0.05, 0.1) is 4.91 Å². The lowest BCUT2D eigenvalue weighted by Crippen LogP contribution is -2.27. The summed E-state index contributed by atoms with van der Waals surface area (Å²) in [5.74, 6) is -0.256. The molecule has 0 spiro atoms. The number of aryl methyl sites for hydroxylation is 1. The van der Waals surface area contributed by atoms with Crippen molar-refractivity contribution in [2.75, 3.05) is 24.5 Å². The number of imide groups is 1. The Balaban J connectivity index is 1.93. The predicted molar refractivity (Wildman–Crippen MR) is 122 cm³/mol. The molecular weight excluding hydrogens is 382 g/mol. The number of hydrogen-bond acceptors (Lipinski definition) is 4. The van der Waals surface area contributed by atoms with Crippen molar-refractivity contribution >= 4 is 34.7 Å². The van der Waals surface area contributed by atoms with Gasteiger partial charge in [-0.2, -0.15) is 0 Å². The number of hydrogen-bond donors (Lipinski definition) is 0. The summed E-state index contributed by atoms with van der Waals surface area (Å²) in [4.78, 5) is 28.5. The summed E-state index contributed by atoms with van der Waals surface area (Å²) in [6.07, 6.45) is 3.38. The summed E-state index contributed by atoms with van der Waals surface area (Å²) in [5.41, 5.74) is 5.34. The molecule has 6 heteroatoms. The van der Waals surface area contributed by atoms with Crippen LogP contribution in [-0.4, -0.2) is 40.2 Å². The van der Waals surface area contributed by atoms with Gasteiger partial charge in [0.1, 0.15) is 0 Å². The Hall–Kier alpha value is -2.73. The molecule has 0 atom stereocenters. The van der Waals surface area contributed by atoms with E-state index in [2.05, 4.69) is 60.2 Å². The van der Waals surface area contributed by atoms with Crippen molar-refractivity contribution in [1.82, 2.24) is 9.47 Å². The molecule has 5 nitrogen and oxygen atoms in total. The highest BCUT2D eigenvalue weighted by Gasteiger charge is 2.34. The molecule has 2 aromatic rings. The Kier molecular flexibility index (Phi) is 6.33. The Labute approximate surface area is 176 Å². The first kappa shape index (κ1) is 21.0. The minimum Gasteiger partial charge on any atom is -0.372 e. The summed E-state index contributed by atoms with van der Waals surface area (Å²) in [5, 5.41) is -0.248. The van der Waals surface area contributed by atoms with Crippen molar-refractivity contribution in [1.29, 1.82) is 0 Å². The molecule has 1 fully saturated rings. The zero-order valence-electron chi connectivity index (χ0n) is 17.4. The van der Waals surface area contributed by atoms with E-state index in [1.807, 2.05) is 19.9 Å². The van der Waals surface area contributed by atoms with Crippen LogP contribution in [0.5, 0.6) is 0 Å². The smallest absolute Gasteiger partial charge is 0.293 e. The topological polar surface area (TPSA) is 45.6 Å². The Bertz CT molecular complexity index is 969. The first-order chi connectivity index (χ1) is 13.9. The average Bonchev–Trinajstić information content (AvgIpc) is 3.13. The molecule has 2 heterocycles. The number of benzene rings is 1. The van der Waals surface area contributed by atoms with E-state index in [1.54, 1.807) is 6.08 Å². The van der Waals surface area contributed by atoms with Crippen LogP contribution in [0, 0.1) is 13.8 Å². The quantitative estimate of drug-likeness (QED) is 0.468. The molecule has 2 amide bonds. The normalized spacial score (nSPS) is 15.4. The SMILES string of the molecule is C=CCN1C(=O)S/C(=C/c2cc(C)n(-c3ccc(N(CC)CC)cc3)c2C)C1=O. The van der Waals surface area contributed by atoms with E-state index in [0.29, 0.717) is 4.91 Å². The van der Waals surface area contributed by atoms with Crippen LogP contribution in [0.25, 0.3) is 11.8 Å². The lowest BCUT2D eigenvalue weighted by Gasteiger charge is -2.21. The van der Waals surface area contributed by atoms with Gasteiger partial charge in [-0.1, -0.05) is 6.08 Å². The molecule has 0 aliphatic carbocycles. The maximum Gasteiger partial charge on any atom is 0.293 e. The van der Waals surface area contributed by atoms with Crippen molar-refractivity contribution in [3.8, 4) is 5.69 Å². The molecule has 1 aliphatic heterocycles. The summed E-state index contributed by atoms with van der Waals surface area (Å²) in [7, 11) is 0. The molecule has 1 aromatic heterocycles. The molecule has 0 N–H and O–H groups in total. The zero-order valence-corrected chi connectivity index (χ0v) is 18.3. The maximum absolute atomic E-state index is 12.5. The van der Waals surface area contributed by atoms with E-state index < -0.39 is 0 Å². The summed E-state index contributed by atoms with van der Waals surface area (Å²) in [6.45, 7) is 14.2. The van der Waals surface area contributed by atoms with E-state index in [0.717, 1.165) is 47.5 Å². The van der Waals surface area contributed by atoms with Crippen LogP contribution in [0.4, 0.5) is 10.5 Å². The first-order valence-corrected chi connectivity index (χ1v) is 10.6. The third-order valence-electron chi connectivity index (χ3n) is 5.18. The standard InChI is InChI=1S/C23H27N3O2S/c1-6-13-25-22(27)21(29-23(25)28)15-18-14-16(4)26(17(18)5)20-11-9-19(10-12-20)24(7-2)8-3/h6,9-12,14-15H,1,7-8,13H2,2-5H3/b21-15+.